The number of rotatable bonds is 2. The Morgan fingerprint density at radius 2 is 2.27 bits per heavy atom. The molecule has 1 aromatic carbocycles. The van der Waals surface area contributed by atoms with Crippen LogP contribution >= 0.6 is 0 Å². The van der Waals surface area contributed by atoms with Crippen molar-refractivity contribution in [1.82, 2.24) is 9.55 Å². The van der Waals surface area contributed by atoms with E-state index in [4.69, 9.17) is 0 Å². The summed E-state index contributed by atoms with van der Waals surface area (Å²) < 4.78 is 2.04. The van der Waals surface area contributed by atoms with E-state index in [1.54, 1.807) is 18.2 Å². The summed E-state index contributed by atoms with van der Waals surface area (Å²) in [5.74, 6) is -0.274. The van der Waals surface area contributed by atoms with Crippen molar-refractivity contribution in [1.29, 1.82) is 0 Å². The number of aromatic nitrogens is 2. The van der Waals surface area contributed by atoms with Crippen LogP contribution in [-0.2, 0) is 6.54 Å². The standard InChI is InChI=1S/C11H12N2O2/c1-3-13-7(2)12-9-6-8(11(14)15)4-5-10(9)13/h4-6H,3H2,1-2H3,(H,14,15)/p-1. The third-order valence-corrected chi connectivity index (χ3v) is 2.49. The fourth-order valence-corrected chi connectivity index (χ4v) is 1.78. The predicted molar refractivity (Wildman–Crippen MR) is 54.5 cm³/mol. The quantitative estimate of drug-likeness (QED) is 0.722. The van der Waals surface area contributed by atoms with E-state index >= 15 is 0 Å². The zero-order valence-electron chi connectivity index (χ0n) is 8.65. The van der Waals surface area contributed by atoms with Gasteiger partial charge < -0.3 is 14.5 Å². The van der Waals surface area contributed by atoms with Gasteiger partial charge in [-0.05, 0) is 31.5 Å². The molecule has 0 spiro atoms. The van der Waals surface area contributed by atoms with Gasteiger partial charge in [-0.15, -0.1) is 0 Å². The third kappa shape index (κ3) is 1.48. The first-order valence-corrected chi connectivity index (χ1v) is 4.81. The minimum Gasteiger partial charge on any atom is -0.545 e. The molecule has 2 rings (SSSR count). The summed E-state index contributed by atoms with van der Waals surface area (Å²) in [5.41, 5.74) is 1.83. The molecule has 0 aliphatic rings. The van der Waals surface area contributed by atoms with Gasteiger partial charge in [0.05, 0.1) is 17.0 Å². The van der Waals surface area contributed by atoms with Gasteiger partial charge in [0.25, 0.3) is 0 Å². The predicted octanol–water partition coefficient (Wildman–Crippen LogP) is 0.728. The molecule has 0 fully saturated rings. The summed E-state index contributed by atoms with van der Waals surface area (Å²) in [6, 6.07) is 4.86. The molecule has 78 valence electrons. The number of aryl methyl sites for hydroxylation is 2. The number of carboxylic acids is 1. The number of fused-ring (bicyclic) bond motifs is 1. The summed E-state index contributed by atoms with van der Waals surface area (Å²) in [6.45, 7) is 4.76. The van der Waals surface area contributed by atoms with E-state index in [2.05, 4.69) is 4.98 Å². The van der Waals surface area contributed by atoms with Crippen molar-refractivity contribution >= 4 is 17.0 Å². The van der Waals surface area contributed by atoms with Gasteiger partial charge in [-0.1, -0.05) is 6.07 Å². The Balaban J connectivity index is 2.69. The number of aromatic carboxylic acids is 1. The molecule has 0 bridgehead atoms. The maximum Gasteiger partial charge on any atom is 0.106 e. The summed E-state index contributed by atoms with van der Waals surface area (Å²) >= 11 is 0. The van der Waals surface area contributed by atoms with Crippen molar-refractivity contribution in [2.24, 2.45) is 0 Å². The van der Waals surface area contributed by atoms with Gasteiger partial charge in [0.15, 0.2) is 0 Å². The Kier molecular flexibility index (Phi) is 2.19. The third-order valence-electron chi connectivity index (χ3n) is 2.49. The number of hydrogen-bond donors (Lipinski definition) is 0. The average Bonchev–Trinajstić information content (AvgIpc) is 2.51. The van der Waals surface area contributed by atoms with Gasteiger partial charge in [-0.2, -0.15) is 0 Å². The van der Waals surface area contributed by atoms with Crippen LogP contribution in [0.5, 0.6) is 0 Å². The lowest BCUT2D eigenvalue weighted by Crippen LogP contribution is -2.21. The van der Waals surface area contributed by atoms with Gasteiger partial charge in [0.1, 0.15) is 5.82 Å². The van der Waals surface area contributed by atoms with Crippen LogP contribution in [0.4, 0.5) is 0 Å². The molecule has 0 aliphatic heterocycles. The van der Waals surface area contributed by atoms with Gasteiger partial charge in [0, 0.05) is 6.54 Å². The summed E-state index contributed by atoms with van der Waals surface area (Å²) in [5, 5.41) is 10.7. The molecule has 0 saturated heterocycles. The lowest BCUT2D eigenvalue weighted by Gasteiger charge is -2.03. The molecule has 15 heavy (non-hydrogen) atoms. The van der Waals surface area contributed by atoms with Gasteiger partial charge >= 0.3 is 0 Å². The maximum absolute atomic E-state index is 10.7. The molecule has 0 N–H and O–H groups in total. The number of carbonyl (C=O) groups is 1. The normalized spacial score (nSPS) is 10.8. The molecular weight excluding hydrogens is 192 g/mol. The molecule has 1 heterocycles. The molecule has 0 atom stereocenters. The van der Waals surface area contributed by atoms with E-state index in [1.165, 1.54) is 0 Å². The Labute approximate surface area is 87.2 Å². The lowest BCUT2D eigenvalue weighted by molar-refractivity contribution is -0.255. The number of carboxylic acid groups (broad SMARTS) is 1. The Bertz CT molecular complexity index is 529. The molecule has 4 heteroatoms. The first-order chi connectivity index (χ1) is 7.13. The zero-order chi connectivity index (χ0) is 11.0. The number of nitrogens with zero attached hydrogens (tertiary/aromatic N) is 2. The minimum atomic E-state index is -1.17. The molecule has 2 aromatic rings. The molecule has 4 nitrogen and oxygen atoms in total. The van der Waals surface area contributed by atoms with Crippen molar-refractivity contribution < 1.29 is 9.90 Å². The van der Waals surface area contributed by atoms with Crippen LogP contribution in [-0.4, -0.2) is 15.5 Å². The SMILES string of the molecule is CCn1c(C)nc2cc(C(=O)[O-])ccc21. The highest BCUT2D eigenvalue weighted by Crippen LogP contribution is 2.17. The smallest absolute Gasteiger partial charge is 0.106 e. The molecular formula is C11H11N2O2-. The first kappa shape index (κ1) is 9.71. The maximum atomic E-state index is 10.7. The Morgan fingerprint density at radius 1 is 1.53 bits per heavy atom. The molecule has 0 aliphatic carbocycles. The summed E-state index contributed by atoms with van der Waals surface area (Å²) in [7, 11) is 0. The van der Waals surface area contributed by atoms with E-state index in [1.807, 2.05) is 18.4 Å². The highest BCUT2D eigenvalue weighted by Gasteiger charge is 2.06. The van der Waals surface area contributed by atoms with Crippen LogP contribution in [0.3, 0.4) is 0 Å². The van der Waals surface area contributed by atoms with E-state index in [9.17, 15) is 9.90 Å². The molecule has 0 unspecified atom stereocenters. The zero-order valence-corrected chi connectivity index (χ0v) is 8.65. The van der Waals surface area contributed by atoms with Crippen LogP contribution in [0.2, 0.25) is 0 Å². The van der Waals surface area contributed by atoms with Crippen LogP contribution in [0, 0.1) is 6.92 Å². The number of hydrogen-bond acceptors (Lipinski definition) is 3. The van der Waals surface area contributed by atoms with Crippen LogP contribution in [0.25, 0.3) is 11.0 Å². The monoisotopic (exact) mass is 203 g/mol. The molecule has 0 radical (unpaired) electrons. The van der Waals surface area contributed by atoms with Crippen molar-refractivity contribution in [3.05, 3.63) is 29.6 Å². The largest absolute Gasteiger partial charge is 0.545 e. The highest BCUT2D eigenvalue weighted by atomic mass is 16.4. The average molecular weight is 203 g/mol. The second-order valence-corrected chi connectivity index (χ2v) is 3.39. The highest BCUT2D eigenvalue weighted by molar-refractivity contribution is 5.91. The second-order valence-electron chi connectivity index (χ2n) is 3.39. The summed E-state index contributed by atoms with van der Waals surface area (Å²) in [4.78, 5) is 15.0. The van der Waals surface area contributed by atoms with Crippen molar-refractivity contribution in [2.45, 2.75) is 20.4 Å². The van der Waals surface area contributed by atoms with Crippen molar-refractivity contribution in [3.63, 3.8) is 0 Å². The second kappa shape index (κ2) is 3.38. The topological polar surface area (TPSA) is 58.0 Å². The number of carbonyl (C=O) groups excluding carboxylic acids is 1. The van der Waals surface area contributed by atoms with Crippen molar-refractivity contribution in [3.8, 4) is 0 Å². The number of benzene rings is 1. The first-order valence-electron chi connectivity index (χ1n) is 4.81. The van der Waals surface area contributed by atoms with E-state index in [0.29, 0.717) is 5.52 Å². The molecule has 0 amide bonds. The fraction of sp³-hybridized carbons (Fsp3) is 0.273. The molecule has 0 saturated carbocycles. The number of imidazole rings is 1. The fourth-order valence-electron chi connectivity index (χ4n) is 1.78. The van der Waals surface area contributed by atoms with Crippen LogP contribution in [0.1, 0.15) is 23.1 Å². The van der Waals surface area contributed by atoms with E-state index in [-0.39, 0.29) is 5.56 Å². The summed E-state index contributed by atoms with van der Waals surface area (Å²) in [6.07, 6.45) is 0. The Morgan fingerprint density at radius 3 is 2.87 bits per heavy atom. The van der Waals surface area contributed by atoms with E-state index < -0.39 is 5.97 Å². The Hall–Kier alpha value is -1.84. The van der Waals surface area contributed by atoms with Gasteiger partial charge in [0.2, 0.25) is 0 Å². The van der Waals surface area contributed by atoms with E-state index in [0.717, 1.165) is 17.9 Å². The molecule has 1 aromatic heterocycles. The van der Waals surface area contributed by atoms with Crippen LogP contribution < -0.4 is 5.11 Å². The lowest BCUT2D eigenvalue weighted by atomic mass is 10.2. The van der Waals surface area contributed by atoms with Crippen molar-refractivity contribution in [2.75, 3.05) is 0 Å². The minimum absolute atomic E-state index is 0.170. The van der Waals surface area contributed by atoms with Gasteiger partial charge in [-0.3, -0.25) is 0 Å². The van der Waals surface area contributed by atoms with Crippen LogP contribution in [0.15, 0.2) is 18.2 Å². The van der Waals surface area contributed by atoms with Gasteiger partial charge in [-0.25, -0.2) is 4.98 Å².